The molecule has 0 amide bonds. The van der Waals surface area contributed by atoms with E-state index < -0.39 is 26.2 Å². The highest BCUT2D eigenvalue weighted by Crippen LogP contribution is 2.27. The van der Waals surface area contributed by atoms with Crippen molar-refractivity contribution in [2.75, 3.05) is 20.6 Å². The first-order valence-corrected chi connectivity index (χ1v) is 10.8. The third kappa shape index (κ3) is 4.70. The van der Waals surface area contributed by atoms with E-state index in [9.17, 15) is 16.8 Å². The van der Waals surface area contributed by atoms with Gasteiger partial charge in [0, 0.05) is 26.0 Å². The van der Waals surface area contributed by atoms with Crippen LogP contribution in [0.2, 0.25) is 0 Å². The van der Waals surface area contributed by atoms with Gasteiger partial charge in [-0.3, -0.25) is 0 Å². The lowest BCUT2D eigenvalue weighted by Gasteiger charge is -2.34. The van der Waals surface area contributed by atoms with Crippen LogP contribution in [-0.2, 0) is 20.0 Å². The van der Waals surface area contributed by atoms with E-state index >= 15 is 0 Å². The minimum Gasteiger partial charge on any atom is -0.368 e. The lowest BCUT2D eigenvalue weighted by atomic mass is 10.1. The fourth-order valence-electron chi connectivity index (χ4n) is 2.38. The van der Waals surface area contributed by atoms with Crippen LogP contribution in [-0.4, -0.2) is 64.6 Å². The number of halogens is 1. The molecule has 25 heavy (non-hydrogen) atoms. The number of piperidine rings is 1. The minimum absolute atomic E-state index is 0.142. The van der Waals surface area contributed by atoms with Gasteiger partial charge in [0.1, 0.15) is 6.34 Å². The van der Waals surface area contributed by atoms with Crippen molar-refractivity contribution in [3.8, 4) is 0 Å². The maximum atomic E-state index is 12.8. The standard InChI is InChI=1S/C14H21ClN4O4S2/c1-18(2)10-17-24(20,21)12-4-3-5-13(9-12)25(22,23)19-7-6-11(15)8-14(19)16/h3-5,9-11,14H,6-8,16H2,1-2H3. The number of benzene rings is 1. The van der Waals surface area contributed by atoms with Crippen LogP contribution in [0.5, 0.6) is 0 Å². The fraction of sp³-hybridized carbons (Fsp3) is 0.500. The second-order valence-electron chi connectivity index (χ2n) is 5.94. The Balaban J connectivity index is 2.38. The molecule has 1 aromatic carbocycles. The molecule has 1 aromatic rings. The highest BCUT2D eigenvalue weighted by molar-refractivity contribution is 7.90. The second kappa shape index (κ2) is 7.58. The third-order valence-corrected chi connectivity index (χ3v) is 7.20. The van der Waals surface area contributed by atoms with Gasteiger partial charge in [-0.15, -0.1) is 16.0 Å². The Hall–Kier alpha value is -1.20. The van der Waals surface area contributed by atoms with Crippen LogP contribution < -0.4 is 5.73 Å². The zero-order valence-electron chi connectivity index (χ0n) is 13.9. The average molecular weight is 409 g/mol. The molecule has 0 aromatic heterocycles. The molecule has 0 bridgehead atoms. The topological polar surface area (TPSA) is 113 Å². The van der Waals surface area contributed by atoms with Crippen molar-refractivity contribution in [2.24, 2.45) is 10.1 Å². The van der Waals surface area contributed by atoms with Crippen LogP contribution in [0, 0.1) is 0 Å². The van der Waals surface area contributed by atoms with Gasteiger partial charge < -0.3 is 10.6 Å². The number of alkyl halides is 1. The van der Waals surface area contributed by atoms with Gasteiger partial charge in [-0.1, -0.05) is 6.07 Å². The van der Waals surface area contributed by atoms with Crippen LogP contribution in [0.15, 0.2) is 38.5 Å². The molecule has 0 saturated carbocycles. The van der Waals surface area contributed by atoms with Crippen molar-refractivity contribution >= 4 is 38.0 Å². The van der Waals surface area contributed by atoms with Gasteiger partial charge in [0.05, 0.1) is 16.0 Å². The number of hydrogen-bond donors (Lipinski definition) is 1. The molecule has 11 heteroatoms. The molecular formula is C14H21ClN4O4S2. The summed E-state index contributed by atoms with van der Waals surface area (Å²) in [5, 5.41) is -0.173. The Morgan fingerprint density at radius 1 is 1.28 bits per heavy atom. The molecule has 2 N–H and O–H groups in total. The molecule has 1 heterocycles. The summed E-state index contributed by atoms with van der Waals surface area (Å²) < 4.78 is 54.7. The van der Waals surface area contributed by atoms with E-state index in [1.54, 1.807) is 14.1 Å². The Labute approximate surface area is 153 Å². The maximum Gasteiger partial charge on any atom is 0.283 e. The average Bonchev–Trinajstić information content (AvgIpc) is 2.53. The summed E-state index contributed by atoms with van der Waals surface area (Å²) in [4.78, 5) is 1.12. The molecule has 2 atom stereocenters. The van der Waals surface area contributed by atoms with Crippen LogP contribution in [0.1, 0.15) is 12.8 Å². The molecular weight excluding hydrogens is 388 g/mol. The fourth-order valence-corrected chi connectivity index (χ4v) is 5.28. The first-order valence-electron chi connectivity index (χ1n) is 7.52. The molecule has 2 unspecified atom stereocenters. The monoisotopic (exact) mass is 408 g/mol. The van der Waals surface area contributed by atoms with Gasteiger partial charge in [-0.05, 0) is 31.0 Å². The van der Waals surface area contributed by atoms with Crippen molar-refractivity contribution in [3.63, 3.8) is 0 Å². The molecule has 1 saturated heterocycles. The van der Waals surface area contributed by atoms with Crippen molar-refractivity contribution < 1.29 is 16.8 Å². The Kier molecular flexibility index (Phi) is 6.10. The normalized spacial score (nSPS) is 23.0. The van der Waals surface area contributed by atoms with E-state index in [1.807, 2.05) is 0 Å². The van der Waals surface area contributed by atoms with Gasteiger partial charge >= 0.3 is 0 Å². The zero-order valence-corrected chi connectivity index (χ0v) is 16.3. The number of rotatable bonds is 5. The van der Waals surface area contributed by atoms with Crippen LogP contribution >= 0.6 is 11.6 Å². The Morgan fingerprint density at radius 2 is 1.92 bits per heavy atom. The summed E-state index contributed by atoms with van der Waals surface area (Å²) in [5.74, 6) is 0. The lowest BCUT2D eigenvalue weighted by Crippen LogP contribution is -2.51. The molecule has 1 fully saturated rings. The van der Waals surface area contributed by atoms with Gasteiger partial charge in [0.15, 0.2) is 0 Å². The quantitative estimate of drug-likeness (QED) is 0.434. The largest absolute Gasteiger partial charge is 0.368 e. The molecule has 1 aliphatic rings. The predicted octanol–water partition coefficient (Wildman–Crippen LogP) is 0.642. The summed E-state index contributed by atoms with van der Waals surface area (Å²) >= 11 is 6.02. The van der Waals surface area contributed by atoms with Crippen molar-refractivity contribution in [3.05, 3.63) is 24.3 Å². The molecule has 0 radical (unpaired) electrons. The van der Waals surface area contributed by atoms with E-state index in [0.717, 1.165) is 16.7 Å². The first kappa shape index (κ1) is 20.1. The van der Waals surface area contributed by atoms with E-state index in [2.05, 4.69) is 4.40 Å². The highest BCUT2D eigenvalue weighted by atomic mass is 35.5. The SMILES string of the molecule is CN(C)C=NS(=O)(=O)c1cccc(S(=O)(=O)N2CCC(Cl)CC2N)c1. The van der Waals surface area contributed by atoms with Crippen molar-refractivity contribution in [2.45, 2.75) is 34.2 Å². The lowest BCUT2D eigenvalue weighted by molar-refractivity contribution is 0.261. The third-order valence-electron chi connectivity index (χ3n) is 3.66. The number of nitrogens with two attached hydrogens (primary N) is 1. The Bertz CT molecular complexity index is 855. The summed E-state index contributed by atoms with van der Waals surface area (Å²) in [6.45, 7) is 0.188. The number of nitrogens with zero attached hydrogens (tertiary/aromatic N) is 3. The summed E-state index contributed by atoms with van der Waals surface area (Å²) in [6.07, 6.45) is 1.22. The van der Waals surface area contributed by atoms with E-state index in [4.69, 9.17) is 17.3 Å². The Morgan fingerprint density at radius 3 is 2.52 bits per heavy atom. The van der Waals surface area contributed by atoms with Gasteiger partial charge in [-0.25, -0.2) is 8.42 Å². The molecule has 1 aliphatic heterocycles. The molecule has 8 nitrogen and oxygen atoms in total. The van der Waals surface area contributed by atoms with Gasteiger partial charge in [0.25, 0.3) is 10.0 Å². The van der Waals surface area contributed by atoms with Crippen LogP contribution in [0.4, 0.5) is 0 Å². The molecule has 140 valence electrons. The number of hydrogen-bond acceptors (Lipinski definition) is 5. The summed E-state index contributed by atoms with van der Waals surface area (Å²) in [6, 6.07) is 5.09. The summed E-state index contributed by atoms with van der Waals surface area (Å²) in [7, 11) is -4.67. The summed E-state index contributed by atoms with van der Waals surface area (Å²) in [5.41, 5.74) is 5.91. The second-order valence-corrected chi connectivity index (χ2v) is 10.1. The number of sulfonamides is 2. The van der Waals surface area contributed by atoms with E-state index in [-0.39, 0.29) is 21.7 Å². The van der Waals surface area contributed by atoms with Crippen LogP contribution in [0.25, 0.3) is 0 Å². The van der Waals surface area contributed by atoms with Gasteiger partial charge in [0.2, 0.25) is 10.0 Å². The van der Waals surface area contributed by atoms with Gasteiger partial charge in [-0.2, -0.15) is 12.7 Å². The predicted molar refractivity (Wildman–Crippen MR) is 96.5 cm³/mol. The van der Waals surface area contributed by atoms with E-state index in [1.165, 1.54) is 23.1 Å². The minimum atomic E-state index is -4.00. The van der Waals surface area contributed by atoms with Crippen molar-refractivity contribution in [1.82, 2.24) is 9.21 Å². The molecule has 0 aliphatic carbocycles. The zero-order chi connectivity index (χ0) is 18.8. The van der Waals surface area contributed by atoms with E-state index in [0.29, 0.717) is 12.8 Å². The van der Waals surface area contributed by atoms with Crippen molar-refractivity contribution in [1.29, 1.82) is 0 Å². The first-order chi connectivity index (χ1) is 11.5. The molecule has 0 spiro atoms. The van der Waals surface area contributed by atoms with Crippen LogP contribution in [0.3, 0.4) is 0 Å². The molecule has 2 rings (SSSR count). The maximum absolute atomic E-state index is 12.8. The highest BCUT2D eigenvalue weighted by Gasteiger charge is 2.34. The smallest absolute Gasteiger partial charge is 0.283 e.